The van der Waals surface area contributed by atoms with E-state index in [-0.39, 0.29) is 5.25 Å². The first-order valence-electron chi connectivity index (χ1n) is 5.06. The summed E-state index contributed by atoms with van der Waals surface area (Å²) in [6.07, 6.45) is -4.15. The molecule has 0 aliphatic rings. The van der Waals surface area contributed by atoms with Gasteiger partial charge in [-0.2, -0.15) is 13.2 Å². The molecule has 1 nitrogen and oxygen atoms in total. The van der Waals surface area contributed by atoms with Crippen molar-refractivity contribution in [2.75, 3.05) is 13.1 Å². The van der Waals surface area contributed by atoms with Gasteiger partial charge in [0.25, 0.3) is 0 Å². The first-order chi connectivity index (χ1) is 7.87. The van der Waals surface area contributed by atoms with Gasteiger partial charge in [0.05, 0.1) is 6.54 Å². The average Bonchev–Trinajstić information content (AvgIpc) is 2.15. The average molecular weight is 284 g/mol. The third-order valence-corrected chi connectivity index (χ3v) is 3.22. The number of rotatable bonds is 5. The van der Waals surface area contributed by atoms with Gasteiger partial charge in [0.1, 0.15) is 0 Å². The highest BCUT2D eigenvalue weighted by molar-refractivity contribution is 8.00. The Bertz CT molecular complexity index is 357. The molecule has 0 aliphatic carbocycles. The molecule has 1 aromatic rings. The highest BCUT2D eigenvalue weighted by Crippen LogP contribution is 2.25. The molecule has 96 valence electrons. The molecule has 0 spiro atoms. The van der Waals surface area contributed by atoms with Crippen LogP contribution in [0.5, 0.6) is 0 Å². The molecular formula is C11H13ClF3NS. The fraction of sp³-hybridized carbons (Fsp3) is 0.455. The number of hydrogen-bond acceptors (Lipinski definition) is 2. The number of alkyl halides is 3. The van der Waals surface area contributed by atoms with Crippen molar-refractivity contribution in [1.29, 1.82) is 0 Å². The second-order valence-corrected chi connectivity index (χ2v) is 5.58. The fourth-order valence-corrected chi connectivity index (χ4v) is 2.50. The number of nitrogens with one attached hydrogen (secondary N) is 1. The zero-order chi connectivity index (χ0) is 12.9. The smallest absolute Gasteiger partial charge is 0.308 e. The molecule has 1 N–H and O–H groups in total. The summed E-state index contributed by atoms with van der Waals surface area (Å²) >= 11 is 7.31. The van der Waals surface area contributed by atoms with Crippen LogP contribution in [0, 0.1) is 0 Å². The largest absolute Gasteiger partial charge is 0.401 e. The summed E-state index contributed by atoms with van der Waals surface area (Å²) in [7, 11) is 0. The minimum Gasteiger partial charge on any atom is -0.308 e. The van der Waals surface area contributed by atoms with E-state index in [1.165, 1.54) is 11.8 Å². The van der Waals surface area contributed by atoms with Gasteiger partial charge < -0.3 is 5.32 Å². The van der Waals surface area contributed by atoms with Crippen LogP contribution in [0.2, 0.25) is 5.02 Å². The third kappa shape index (κ3) is 6.81. The zero-order valence-corrected chi connectivity index (χ0v) is 10.8. The van der Waals surface area contributed by atoms with Crippen LogP contribution < -0.4 is 5.32 Å². The van der Waals surface area contributed by atoms with Crippen molar-refractivity contribution in [2.45, 2.75) is 23.2 Å². The Labute approximate surface area is 108 Å². The van der Waals surface area contributed by atoms with Gasteiger partial charge in [0, 0.05) is 21.7 Å². The third-order valence-electron chi connectivity index (χ3n) is 1.89. The predicted octanol–water partition coefficient (Wildman–Crippen LogP) is 3.97. The van der Waals surface area contributed by atoms with Crippen molar-refractivity contribution in [3.05, 3.63) is 29.3 Å². The molecular weight excluding hydrogens is 271 g/mol. The highest BCUT2D eigenvalue weighted by Gasteiger charge is 2.26. The number of halogens is 4. The Morgan fingerprint density at radius 3 is 2.71 bits per heavy atom. The van der Waals surface area contributed by atoms with Gasteiger partial charge in [-0.15, -0.1) is 11.8 Å². The molecule has 1 atom stereocenters. The predicted molar refractivity (Wildman–Crippen MR) is 65.7 cm³/mol. The van der Waals surface area contributed by atoms with Gasteiger partial charge in [-0.3, -0.25) is 0 Å². The van der Waals surface area contributed by atoms with E-state index in [4.69, 9.17) is 11.6 Å². The molecule has 0 radical (unpaired) electrons. The molecule has 0 bridgehead atoms. The fourth-order valence-electron chi connectivity index (χ4n) is 1.23. The van der Waals surface area contributed by atoms with Crippen LogP contribution in [0.25, 0.3) is 0 Å². The van der Waals surface area contributed by atoms with Crippen LogP contribution in [0.1, 0.15) is 6.92 Å². The normalized spacial score (nSPS) is 13.7. The molecule has 0 amide bonds. The molecule has 1 rings (SSSR count). The van der Waals surface area contributed by atoms with Crippen LogP contribution in [0.4, 0.5) is 13.2 Å². The summed E-state index contributed by atoms with van der Waals surface area (Å²) in [5.41, 5.74) is 0. The molecule has 0 saturated heterocycles. The maximum absolute atomic E-state index is 11.9. The Hall–Kier alpha value is -0.390. The van der Waals surface area contributed by atoms with E-state index in [9.17, 15) is 13.2 Å². The SMILES string of the molecule is CC(CNCC(F)(F)F)Sc1cccc(Cl)c1. The van der Waals surface area contributed by atoms with Gasteiger partial charge in [0.15, 0.2) is 0 Å². The maximum Gasteiger partial charge on any atom is 0.401 e. The van der Waals surface area contributed by atoms with Crippen LogP contribution in [-0.2, 0) is 0 Å². The monoisotopic (exact) mass is 283 g/mol. The van der Waals surface area contributed by atoms with Crippen molar-refractivity contribution in [2.24, 2.45) is 0 Å². The van der Waals surface area contributed by atoms with Gasteiger partial charge in [-0.1, -0.05) is 24.6 Å². The molecule has 17 heavy (non-hydrogen) atoms. The Balaban J connectivity index is 2.32. The van der Waals surface area contributed by atoms with Crippen LogP contribution in [-0.4, -0.2) is 24.5 Å². The number of hydrogen-bond donors (Lipinski definition) is 1. The molecule has 0 saturated carbocycles. The quantitative estimate of drug-likeness (QED) is 0.821. The molecule has 0 heterocycles. The summed E-state index contributed by atoms with van der Waals surface area (Å²) in [6.45, 7) is 1.22. The maximum atomic E-state index is 11.9. The van der Waals surface area contributed by atoms with E-state index in [2.05, 4.69) is 5.32 Å². The molecule has 0 fully saturated rings. The standard InChI is InChI=1S/C11H13ClF3NS/c1-8(6-16-7-11(13,14)15)17-10-4-2-3-9(12)5-10/h2-5,8,16H,6-7H2,1H3. The van der Waals surface area contributed by atoms with E-state index < -0.39 is 12.7 Å². The first-order valence-corrected chi connectivity index (χ1v) is 6.32. The lowest BCUT2D eigenvalue weighted by Gasteiger charge is -2.13. The van der Waals surface area contributed by atoms with Crippen LogP contribution in [0.3, 0.4) is 0 Å². The Kier molecular flexibility index (Phi) is 5.62. The van der Waals surface area contributed by atoms with Gasteiger partial charge in [-0.05, 0) is 18.2 Å². The molecule has 6 heteroatoms. The van der Waals surface area contributed by atoms with Crippen molar-refractivity contribution in [1.82, 2.24) is 5.32 Å². The first kappa shape index (κ1) is 14.7. The van der Waals surface area contributed by atoms with Gasteiger partial charge in [0.2, 0.25) is 0 Å². The van der Waals surface area contributed by atoms with Crippen molar-refractivity contribution in [3.8, 4) is 0 Å². The molecule has 1 unspecified atom stereocenters. The Morgan fingerprint density at radius 2 is 2.12 bits per heavy atom. The summed E-state index contributed by atoms with van der Waals surface area (Å²) < 4.78 is 35.7. The summed E-state index contributed by atoms with van der Waals surface area (Å²) in [4.78, 5) is 0.957. The summed E-state index contributed by atoms with van der Waals surface area (Å²) in [6, 6.07) is 7.27. The summed E-state index contributed by atoms with van der Waals surface area (Å²) in [5, 5.41) is 3.06. The van der Waals surface area contributed by atoms with Crippen molar-refractivity contribution < 1.29 is 13.2 Å². The molecule has 1 aromatic carbocycles. The van der Waals surface area contributed by atoms with E-state index in [0.717, 1.165) is 4.90 Å². The highest BCUT2D eigenvalue weighted by atomic mass is 35.5. The number of thioether (sulfide) groups is 1. The lowest BCUT2D eigenvalue weighted by Crippen LogP contribution is -2.32. The van der Waals surface area contributed by atoms with E-state index >= 15 is 0 Å². The Morgan fingerprint density at radius 1 is 1.41 bits per heavy atom. The van der Waals surface area contributed by atoms with E-state index in [1.54, 1.807) is 12.1 Å². The van der Waals surface area contributed by atoms with Crippen molar-refractivity contribution >= 4 is 23.4 Å². The zero-order valence-electron chi connectivity index (χ0n) is 9.22. The van der Waals surface area contributed by atoms with Crippen molar-refractivity contribution in [3.63, 3.8) is 0 Å². The minimum absolute atomic E-state index is 0.0517. The van der Waals surface area contributed by atoms with E-state index in [1.807, 2.05) is 19.1 Å². The second kappa shape index (κ2) is 6.52. The second-order valence-electron chi connectivity index (χ2n) is 3.63. The molecule has 0 aliphatic heterocycles. The van der Waals surface area contributed by atoms with Crippen LogP contribution in [0.15, 0.2) is 29.2 Å². The van der Waals surface area contributed by atoms with Gasteiger partial charge in [-0.25, -0.2) is 0 Å². The van der Waals surface area contributed by atoms with E-state index in [0.29, 0.717) is 11.6 Å². The summed E-state index contributed by atoms with van der Waals surface area (Å²) in [5.74, 6) is 0. The number of benzene rings is 1. The topological polar surface area (TPSA) is 12.0 Å². The lowest BCUT2D eigenvalue weighted by atomic mass is 10.4. The van der Waals surface area contributed by atoms with Crippen LogP contribution >= 0.6 is 23.4 Å². The molecule has 0 aromatic heterocycles. The van der Waals surface area contributed by atoms with Gasteiger partial charge >= 0.3 is 6.18 Å². The minimum atomic E-state index is -4.15. The lowest BCUT2D eigenvalue weighted by molar-refractivity contribution is -0.124.